The third-order valence-corrected chi connectivity index (χ3v) is 7.74. The van der Waals surface area contributed by atoms with Crippen LogP contribution in [0.4, 0.5) is 11.6 Å². The van der Waals surface area contributed by atoms with Crippen molar-refractivity contribution >= 4 is 11.6 Å². The van der Waals surface area contributed by atoms with Gasteiger partial charge in [0.1, 0.15) is 11.5 Å². The number of rotatable bonds is 10. The average Bonchev–Trinajstić information content (AvgIpc) is 3.33. The van der Waals surface area contributed by atoms with Crippen LogP contribution in [0.2, 0.25) is 0 Å². The lowest BCUT2D eigenvalue weighted by molar-refractivity contribution is 0.126. The number of nitrogens with zero attached hydrogens (tertiary/aromatic N) is 4. The molecule has 0 bridgehead atoms. The monoisotopic (exact) mass is 505 g/mol. The Balaban J connectivity index is 1.18. The van der Waals surface area contributed by atoms with Crippen LogP contribution in [0.5, 0.6) is 5.75 Å². The highest BCUT2D eigenvalue weighted by atomic mass is 16.5. The van der Waals surface area contributed by atoms with E-state index in [-0.39, 0.29) is 0 Å². The molecule has 8 heteroatoms. The Hall–Kier alpha value is -2.97. The number of benzene rings is 1. The van der Waals surface area contributed by atoms with Gasteiger partial charge in [-0.1, -0.05) is 30.5 Å². The molecule has 2 aliphatic rings. The number of anilines is 2. The first-order valence-corrected chi connectivity index (χ1v) is 13.8. The average molecular weight is 506 g/mol. The quantitative estimate of drug-likeness (QED) is 0.339. The van der Waals surface area contributed by atoms with Crippen LogP contribution in [0, 0.1) is 12.8 Å². The molecule has 5 rings (SSSR count). The Labute approximate surface area is 219 Å². The van der Waals surface area contributed by atoms with Gasteiger partial charge in [-0.3, -0.25) is 0 Å². The van der Waals surface area contributed by atoms with E-state index in [0.717, 1.165) is 85.9 Å². The second-order valence-electron chi connectivity index (χ2n) is 10.4. The first kappa shape index (κ1) is 25.7. The van der Waals surface area contributed by atoms with E-state index in [4.69, 9.17) is 14.2 Å². The van der Waals surface area contributed by atoms with Gasteiger partial charge in [-0.05, 0) is 76.2 Å². The van der Waals surface area contributed by atoms with Crippen molar-refractivity contribution in [1.29, 1.82) is 0 Å². The third-order valence-electron chi connectivity index (χ3n) is 7.74. The van der Waals surface area contributed by atoms with Crippen molar-refractivity contribution in [1.82, 2.24) is 20.0 Å². The molecule has 0 atom stereocenters. The van der Waals surface area contributed by atoms with Gasteiger partial charge >= 0.3 is 0 Å². The highest BCUT2D eigenvalue weighted by Gasteiger charge is 2.25. The molecule has 2 fully saturated rings. The first-order valence-electron chi connectivity index (χ1n) is 13.8. The molecule has 3 heterocycles. The number of nitrogens with one attached hydrogen (secondary N) is 1. The molecule has 0 unspecified atom stereocenters. The zero-order valence-corrected chi connectivity index (χ0v) is 21.9. The number of aliphatic hydroxyl groups excluding tert-OH is 1. The highest BCUT2D eigenvalue weighted by Crippen LogP contribution is 2.38. The van der Waals surface area contributed by atoms with Crippen LogP contribution in [0.25, 0.3) is 11.3 Å². The van der Waals surface area contributed by atoms with Gasteiger partial charge in [0.25, 0.3) is 0 Å². The van der Waals surface area contributed by atoms with Crippen molar-refractivity contribution in [2.45, 2.75) is 64.2 Å². The molecule has 1 aliphatic carbocycles. The summed E-state index contributed by atoms with van der Waals surface area (Å²) in [6, 6.07) is 9.87. The minimum Gasteiger partial charge on any atom is -0.493 e. The van der Waals surface area contributed by atoms with Crippen LogP contribution < -0.4 is 10.1 Å². The number of aryl methyl sites for hydroxylation is 1. The lowest BCUT2D eigenvalue weighted by Crippen LogP contribution is -2.35. The van der Waals surface area contributed by atoms with Crippen molar-refractivity contribution in [3.63, 3.8) is 0 Å². The summed E-state index contributed by atoms with van der Waals surface area (Å²) >= 11 is 0. The molecule has 198 valence electrons. The zero-order valence-electron chi connectivity index (χ0n) is 21.9. The fourth-order valence-corrected chi connectivity index (χ4v) is 5.58. The molecule has 8 nitrogen and oxygen atoms in total. The molecular weight excluding hydrogens is 466 g/mol. The van der Waals surface area contributed by atoms with E-state index >= 15 is 0 Å². The van der Waals surface area contributed by atoms with Crippen LogP contribution in [0.3, 0.4) is 0 Å². The summed E-state index contributed by atoms with van der Waals surface area (Å²) in [5.41, 5.74) is 3.77. The van der Waals surface area contributed by atoms with E-state index < -0.39 is 0 Å². The van der Waals surface area contributed by atoms with E-state index in [1.165, 1.54) is 19.3 Å². The fraction of sp³-hybridized carbons (Fsp3) is 0.552. The summed E-state index contributed by atoms with van der Waals surface area (Å²) in [6.45, 7) is 6.12. The molecule has 2 N–H and O–H groups in total. The van der Waals surface area contributed by atoms with Gasteiger partial charge in [0.05, 0.1) is 23.6 Å². The standard InChI is InChI=1S/C29H39N5O3/c1-21-27(28(33-37-21)23-7-3-2-4-8-23)26-11-14-30-29(32-26)31-24-9-5-10-25(19-24)36-18-6-15-34-16-12-22(20-35)13-17-34/h5,9-11,14,19,22-23,35H,2-4,6-8,12-13,15-18,20H2,1H3,(H,30,31,32). The van der Waals surface area contributed by atoms with Crippen molar-refractivity contribution in [2.75, 3.05) is 38.2 Å². The molecule has 37 heavy (non-hydrogen) atoms. The normalized spacial score (nSPS) is 17.7. The zero-order chi connectivity index (χ0) is 25.5. The lowest BCUT2D eigenvalue weighted by Gasteiger charge is -2.30. The second kappa shape index (κ2) is 12.5. The molecule has 2 aromatic heterocycles. The molecule has 3 aromatic rings. The number of likely N-dealkylation sites (tertiary alicyclic amines) is 1. The van der Waals surface area contributed by atoms with Gasteiger partial charge in [0.2, 0.25) is 5.95 Å². The van der Waals surface area contributed by atoms with E-state index in [1.54, 1.807) is 6.20 Å². The van der Waals surface area contributed by atoms with Crippen LogP contribution in [0.15, 0.2) is 41.1 Å². The number of ether oxygens (including phenoxy) is 1. The maximum Gasteiger partial charge on any atom is 0.227 e. The fourth-order valence-electron chi connectivity index (χ4n) is 5.58. The summed E-state index contributed by atoms with van der Waals surface area (Å²) in [5, 5.41) is 17.1. The maximum atomic E-state index is 9.30. The Bertz CT molecular complexity index is 1140. The van der Waals surface area contributed by atoms with Crippen molar-refractivity contribution in [3.05, 3.63) is 48.0 Å². The van der Waals surface area contributed by atoms with Crippen LogP contribution in [0.1, 0.15) is 68.7 Å². The van der Waals surface area contributed by atoms with E-state index in [0.29, 0.717) is 31.0 Å². The Morgan fingerprint density at radius 2 is 1.95 bits per heavy atom. The topological polar surface area (TPSA) is 96.5 Å². The summed E-state index contributed by atoms with van der Waals surface area (Å²) in [6.07, 6.45) is 11.0. The molecule has 1 saturated carbocycles. The molecule has 0 amide bonds. The molecule has 1 aromatic carbocycles. The van der Waals surface area contributed by atoms with Gasteiger partial charge in [-0.2, -0.15) is 0 Å². The molecule has 1 aliphatic heterocycles. The minimum absolute atomic E-state index is 0.318. The SMILES string of the molecule is Cc1onc(C2CCCCC2)c1-c1ccnc(Nc2cccc(OCCCN3CCC(CO)CC3)c2)n1. The Kier molecular flexibility index (Phi) is 8.68. The largest absolute Gasteiger partial charge is 0.493 e. The molecule has 0 spiro atoms. The Morgan fingerprint density at radius 3 is 2.76 bits per heavy atom. The summed E-state index contributed by atoms with van der Waals surface area (Å²) in [4.78, 5) is 11.7. The molecular formula is C29H39N5O3. The summed E-state index contributed by atoms with van der Waals surface area (Å²) in [5.74, 6) is 3.09. The predicted octanol–water partition coefficient (Wildman–Crippen LogP) is 5.70. The van der Waals surface area contributed by atoms with Gasteiger partial charge in [-0.15, -0.1) is 0 Å². The van der Waals surface area contributed by atoms with E-state index in [2.05, 4.69) is 20.4 Å². The van der Waals surface area contributed by atoms with E-state index in [1.807, 2.05) is 37.3 Å². The second-order valence-corrected chi connectivity index (χ2v) is 10.4. The third kappa shape index (κ3) is 6.67. The maximum absolute atomic E-state index is 9.30. The van der Waals surface area contributed by atoms with Crippen molar-refractivity contribution in [2.24, 2.45) is 5.92 Å². The minimum atomic E-state index is 0.318. The van der Waals surface area contributed by atoms with Crippen molar-refractivity contribution in [3.8, 4) is 17.0 Å². The number of hydrogen-bond donors (Lipinski definition) is 2. The number of piperidine rings is 1. The number of aromatic nitrogens is 3. The predicted molar refractivity (Wildman–Crippen MR) is 144 cm³/mol. The first-order chi connectivity index (χ1) is 18.2. The molecule has 0 radical (unpaired) electrons. The van der Waals surface area contributed by atoms with Crippen molar-refractivity contribution < 1.29 is 14.4 Å². The lowest BCUT2D eigenvalue weighted by atomic mass is 9.85. The smallest absolute Gasteiger partial charge is 0.227 e. The Morgan fingerprint density at radius 1 is 1.11 bits per heavy atom. The number of hydrogen-bond acceptors (Lipinski definition) is 8. The van der Waals surface area contributed by atoms with Crippen LogP contribution in [-0.4, -0.2) is 58.0 Å². The highest BCUT2D eigenvalue weighted by molar-refractivity contribution is 5.66. The van der Waals surface area contributed by atoms with Gasteiger partial charge in [0.15, 0.2) is 0 Å². The number of aliphatic hydroxyl groups is 1. The van der Waals surface area contributed by atoms with Gasteiger partial charge in [0, 0.05) is 37.0 Å². The summed E-state index contributed by atoms with van der Waals surface area (Å²) < 4.78 is 11.6. The van der Waals surface area contributed by atoms with Gasteiger partial charge in [-0.25, -0.2) is 9.97 Å². The van der Waals surface area contributed by atoms with E-state index in [9.17, 15) is 5.11 Å². The van der Waals surface area contributed by atoms with Crippen LogP contribution in [-0.2, 0) is 0 Å². The van der Waals surface area contributed by atoms with Crippen LogP contribution >= 0.6 is 0 Å². The molecule has 1 saturated heterocycles. The van der Waals surface area contributed by atoms with Gasteiger partial charge < -0.3 is 24.6 Å². The summed E-state index contributed by atoms with van der Waals surface area (Å²) in [7, 11) is 0.